The van der Waals surface area contributed by atoms with E-state index in [0.717, 1.165) is 50.6 Å². The average molecular weight is 335 g/mol. The Kier molecular flexibility index (Phi) is 5.26. The molecule has 6 heteroatoms. The fourth-order valence-corrected chi connectivity index (χ4v) is 3.32. The molecule has 0 saturated carbocycles. The van der Waals surface area contributed by atoms with Crippen molar-refractivity contribution in [2.45, 2.75) is 32.9 Å². The zero-order chi connectivity index (χ0) is 17.1. The van der Waals surface area contributed by atoms with Crippen LogP contribution in [-0.4, -0.2) is 49.8 Å². The molecular weight excluding hydrogens is 306 g/mol. The first-order valence-electron chi connectivity index (χ1n) is 8.92. The fourth-order valence-electron chi connectivity index (χ4n) is 3.32. The van der Waals surface area contributed by atoms with E-state index in [9.17, 15) is 4.79 Å². The maximum absolute atomic E-state index is 12.5. The van der Waals surface area contributed by atoms with Gasteiger partial charge in [0.25, 0.3) is 5.91 Å². The first-order chi connectivity index (χ1) is 11.6. The summed E-state index contributed by atoms with van der Waals surface area (Å²) in [6.07, 6.45) is 0.995. The third kappa shape index (κ3) is 3.65. The molecule has 1 saturated heterocycles. The van der Waals surface area contributed by atoms with Crippen LogP contribution in [0.25, 0.3) is 0 Å². The van der Waals surface area contributed by atoms with Gasteiger partial charge in [-0.3, -0.25) is 4.79 Å². The number of quaternary nitrogens is 2. The molecule has 1 amide bonds. The molecule has 132 valence electrons. The van der Waals surface area contributed by atoms with Crippen molar-refractivity contribution in [1.82, 2.24) is 4.90 Å². The highest BCUT2D eigenvalue weighted by atomic mass is 16.7. The van der Waals surface area contributed by atoms with Crippen molar-refractivity contribution in [2.24, 2.45) is 5.92 Å². The van der Waals surface area contributed by atoms with Gasteiger partial charge < -0.3 is 25.0 Å². The Balaban J connectivity index is 1.51. The van der Waals surface area contributed by atoms with Gasteiger partial charge in [0, 0.05) is 11.5 Å². The molecule has 3 rings (SSSR count). The first kappa shape index (κ1) is 17.0. The monoisotopic (exact) mass is 335 g/mol. The van der Waals surface area contributed by atoms with Gasteiger partial charge in [-0.2, -0.15) is 0 Å². The second-order valence-electron chi connectivity index (χ2n) is 6.93. The number of ether oxygens (including phenoxy) is 2. The second-order valence-corrected chi connectivity index (χ2v) is 6.93. The maximum atomic E-state index is 12.5. The summed E-state index contributed by atoms with van der Waals surface area (Å²) in [4.78, 5) is 16.0. The van der Waals surface area contributed by atoms with E-state index >= 15 is 0 Å². The van der Waals surface area contributed by atoms with E-state index in [0.29, 0.717) is 12.7 Å². The molecule has 0 unspecified atom stereocenters. The third-order valence-electron chi connectivity index (χ3n) is 5.32. The molecule has 0 aromatic heterocycles. The molecule has 2 atom stereocenters. The second kappa shape index (κ2) is 7.40. The SMILES string of the molecule is CC[C@H](C)[C@H]([NH3+])C(=O)N1CC[NH+](Cc2ccc3c(c2)OCO3)CC1. The molecule has 1 aromatic carbocycles. The standard InChI is InChI=1S/C18H27N3O3/c1-3-13(2)17(19)18(22)21-8-6-20(7-9-21)11-14-4-5-15-16(10-14)24-12-23-15/h4-5,10,13,17H,3,6-9,11-12,19H2,1-2H3/p+2/t13-,17-/m0/s1. The van der Waals surface area contributed by atoms with Gasteiger partial charge in [-0.1, -0.05) is 13.8 Å². The van der Waals surface area contributed by atoms with Crippen molar-refractivity contribution in [1.29, 1.82) is 0 Å². The van der Waals surface area contributed by atoms with Crippen LogP contribution in [0, 0.1) is 5.92 Å². The number of amides is 1. The number of carbonyl (C=O) groups is 1. The van der Waals surface area contributed by atoms with Crippen molar-refractivity contribution in [2.75, 3.05) is 33.0 Å². The lowest BCUT2D eigenvalue weighted by molar-refractivity contribution is -0.917. The molecule has 0 spiro atoms. The highest BCUT2D eigenvalue weighted by molar-refractivity contribution is 5.80. The molecule has 2 aliphatic heterocycles. The van der Waals surface area contributed by atoms with Crippen molar-refractivity contribution in [3.05, 3.63) is 23.8 Å². The van der Waals surface area contributed by atoms with Crippen molar-refractivity contribution in [3.63, 3.8) is 0 Å². The lowest BCUT2D eigenvalue weighted by atomic mass is 9.98. The molecule has 0 bridgehead atoms. The highest BCUT2D eigenvalue weighted by Gasteiger charge is 2.31. The van der Waals surface area contributed by atoms with E-state index in [1.807, 2.05) is 11.0 Å². The predicted octanol–water partition coefficient (Wildman–Crippen LogP) is -0.701. The maximum Gasteiger partial charge on any atom is 0.281 e. The van der Waals surface area contributed by atoms with Gasteiger partial charge in [-0.15, -0.1) is 0 Å². The quantitative estimate of drug-likeness (QED) is 0.747. The average Bonchev–Trinajstić information content (AvgIpc) is 3.08. The Bertz CT molecular complexity index is 585. The van der Waals surface area contributed by atoms with Crippen molar-refractivity contribution < 1.29 is 24.9 Å². The number of nitrogens with one attached hydrogen (secondary N) is 1. The third-order valence-corrected chi connectivity index (χ3v) is 5.32. The van der Waals surface area contributed by atoms with E-state index in [4.69, 9.17) is 9.47 Å². The van der Waals surface area contributed by atoms with Crippen LogP contribution in [0.15, 0.2) is 18.2 Å². The van der Waals surface area contributed by atoms with Crippen LogP contribution < -0.4 is 20.1 Å². The Morgan fingerprint density at radius 3 is 2.71 bits per heavy atom. The first-order valence-corrected chi connectivity index (χ1v) is 8.92. The van der Waals surface area contributed by atoms with Crippen molar-refractivity contribution >= 4 is 5.91 Å². The highest BCUT2D eigenvalue weighted by Crippen LogP contribution is 2.32. The summed E-state index contributed by atoms with van der Waals surface area (Å²) in [5.74, 6) is 2.23. The number of fused-ring (bicyclic) bond motifs is 1. The van der Waals surface area contributed by atoms with E-state index in [-0.39, 0.29) is 11.9 Å². The van der Waals surface area contributed by atoms with Gasteiger partial charge in [0.05, 0.1) is 26.2 Å². The summed E-state index contributed by atoms with van der Waals surface area (Å²) < 4.78 is 10.8. The molecule has 6 nitrogen and oxygen atoms in total. The van der Waals surface area contributed by atoms with Crippen LogP contribution in [0.1, 0.15) is 25.8 Å². The topological polar surface area (TPSA) is 70.9 Å². The normalized spacial score (nSPS) is 20.0. The van der Waals surface area contributed by atoms with Gasteiger partial charge in [0.2, 0.25) is 6.79 Å². The number of hydrogen-bond acceptors (Lipinski definition) is 3. The number of hydrogen-bond donors (Lipinski definition) is 2. The largest absolute Gasteiger partial charge is 0.454 e. The van der Waals surface area contributed by atoms with Crippen LogP contribution in [0.4, 0.5) is 0 Å². The van der Waals surface area contributed by atoms with Gasteiger partial charge in [0.1, 0.15) is 6.54 Å². The smallest absolute Gasteiger partial charge is 0.281 e. The van der Waals surface area contributed by atoms with E-state index in [2.05, 4.69) is 31.7 Å². The lowest BCUT2D eigenvalue weighted by Crippen LogP contribution is -3.13. The molecule has 2 aliphatic rings. The zero-order valence-electron chi connectivity index (χ0n) is 14.7. The molecule has 2 heterocycles. The van der Waals surface area contributed by atoms with Crippen LogP contribution in [0.2, 0.25) is 0 Å². The summed E-state index contributed by atoms with van der Waals surface area (Å²) in [5.41, 5.74) is 5.33. The van der Waals surface area contributed by atoms with Crippen LogP contribution in [-0.2, 0) is 11.3 Å². The fraction of sp³-hybridized carbons (Fsp3) is 0.611. The summed E-state index contributed by atoms with van der Waals surface area (Å²) in [5, 5.41) is 0. The number of benzene rings is 1. The minimum Gasteiger partial charge on any atom is -0.454 e. The van der Waals surface area contributed by atoms with E-state index in [1.165, 1.54) is 10.5 Å². The molecule has 1 aromatic rings. The Hall–Kier alpha value is -1.79. The van der Waals surface area contributed by atoms with E-state index < -0.39 is 0 Å². The van der Waals surface area contributed by atoms with Crippen molar-refractivity contribution in [3.8, 4) is 11.5 Å². The summed E-state index contributed by atoms with van der Waals surface area (Å²) in [6, 6.07) is 6.04. The van der Waals surface area contributed by atoms with E-state index in [1.54, 1.807) is 0 Å². The molecule has 4 N–H and O–H groups in total. The molecule has 1 fully saturated rings. The predicted molar refractivity (Wildman–Crippen MR) is 89.7 cm³/mol. The Morgan fingerprint density at radius 2 is 2.00 bits per heavy atom. The lowest BCUT2D eigenvalue weighted by Gasteiger charge is -2.33. The van der Waals surface area contributed by atoms with Gasteiger partial charge in [-0.05, 0) is 24.6 Å². The van der Waals surface area contributed by atoms with Gasteiger partial charge in [-0.25, -0.2) is 0 Å². The molecule has 0 radical (unpaired) electrons. The minimum absolute atomic E-state index is 0.120. The number of rotatable bonds is 5. The summed E-state index contributed by atoms with van der Waals surface area (Å²) in [6.45, 7) is 9.09. The Morgan fingerprint density at radius 1 is 1.29 bits per heavy atom. The number of nitrogens with zero attached hydrogens (tertiary/aromatic N) is 1. The van der Waals surface area contributed by atoms with Gasteiger partial charge >= 0.3 is 0 Å². The molecule has 24 heavy (non-hydrogen) atoms. The minimum atomic E-state index is -0.120. The van der Waals surface area contributed by atoms with Crippen LogP contribution >= 0.6 is 0 Å². The zero-order valence-corrected chi connectivity index (χ0v) is 14.7. The summed E-state index contributed by atoms with van der Waals surface area (Å²) >= 11 is 0. The van der Waals surface area contributed by atoms with Gasteiger partial charge in [0.15, 0.2) is 17.5 Å². The molecular formula is C18H29N3O3+2. The number of carbonyl (C=O) groups excluding carboxylic acids is 1. The Labute approximate surface area is 143 Å². The van der Waals surface area contributed by atoms with Crippen LogP contribution in [0.3, 0.4) is 0 Å². The van der Waals surface area contributed by atoms with Crippen LogP contribution in [0.5, 0.6) is 11.5 Å². The molecule has 0 aliphatic carbocycles. The number of piperazine rings is 1. The summed E-state index contributed by atoms with van der Waals surface area (Å²) in [7, 11) is 0.